The third-order valence-electron chi connectivity index (χ3n) is 3.60. The van der Waals surface area contributed by atoms with Crippen LogP contribution in [0.1, 0.15) is 15.9 Å². The monoisotopic (exact) mass is 331 g/mol. The Hall–Kier alpha value is -2.53. The largest absolute Gasteiger partial charge is 0.495 e. The number of benzene rings is 2. The fourth-order valence-electron chi connectivity index (χ4n) is 2.44. The van der Waals surface area contributed by atoms with Crippen molar-refractivity contribution in [3.05, 3.63) is 58.6 Å². The summed E-state index contributed by atoms with van der Waals surface area (Å²) in [6.07, 6.45) is -0.518. The summed E-state index contributed by atoms with van der Waals surface area (Å²) in [5.74, 6) is -0.364. The summed E-state index contributed by atoms with van der Waals surface area (Å²) >= 11 is 6.03. The normalized spacial score (nSPS) is 16.3. The van der Waals surface area contributed by atoms with Crippen LogP contribution in [0.2, 0.25) is 5.02 Å². The minimum Gasteiger partial charge on any atom is -0.495 e. The molecular weight excluding hydrogens is 318 g/mol. The van der Waals surface area contributed by atoms with Crippen molar-refractivity contribution >= 4 is 29.2 Å². The van der Waals surface area contributed by atoms with Gasteiger partial charge in [0.15, 0.2) is 6.10 Å². The number of ether oxygens (including phenoxy) is 2. The van der Waals surface area contributed by atoms with E-state index in [0.29, 0.717) is 28.4 Å². The van der Waals surface area contributed by atoms with Gasteiger partial charge in [0.1, 0.15) is 5.75 Å². The number of cyclic esters (lactones) is 1. The molecule has 2 aromatic rings. The Bertz CT molecular complexity index is 775. The Balaban J connectivity index is 1.75. The third-order valence-corrected chi connectivity index (χ3v) is 3.90. The van der Waals surface area contributed by atoms with Crippen molar-refractivity contribution in [2.45, 2.75) is 12.5 Å². The van der Waals surface area contributed by atoms with Crippen molar-refractivity contribution < 1.29 is 19.1 Å². The summed E-state index contributed by atoms with van der Waals surface area (Å²) in [5.41, 5.74) is 1.82. The molecule has 5 nitrogen and oxygen atoms in total. The van der Waals surface area contributed by atoms with E-state index in [9.17, 15) is 9.59 Å². The molecule has 0 bridgehead atoms. The molecule has 0 aliphatic carbocycles. The lowest BCUT2D eigenvalue weighted by molar-refractivity contribution is -0.125. The van der Waals surface area contributed by atoms with Gasteiger partial charge in [-0.1, -0.05) is 29.8 Å². The van der Waals surface area contributed by atoms with Gasteiger partial charge in [-0.05, 0) is 29.8 Å². The SMILES string of the molecule is COc1ccc(NC(=O)[C@@H]2Cc3ccccc3C(=O)O2)cc1Cl. The van der Waals surface area contributed by atoms with Crippen LogP contribution in [0.4, 0.5) is 5.69 Å². The molecule has 0 fully saturated rings. The highest BCUT2D eigenvalue weighted by atomic mass is 35.5. The second kappa shape index (κ2) is 6.30. The summed E-state index contributed by atoms with van der Waals surface area (Å²) in [6, 6.07) is 12.0. The maximum absolute atomic E-state index is 12.3. The number of fused-ring (bicyclic) bond motifs is 1. The Morgan fingerprint density at radius 2 is 2.09 bits per heavy atom. The lowest BCUT2D eigenvalue weighted by Gasteiger charge is -2.23. The minimum absolute atomic E-state index is 0.345. The third kappa shape index (κ3) is 3.14. The molecule has 0 spiro atoms. The Morgan fingerprint density at radius 3 is 2.83 bits per heavy atom. The van der Waals surface area contributed by atoms with Gasteiger partial charge in [-0.15, -0.1) is 0 Å². The van der Waals surface area contributed by atoms with E-state index < -0.39 is 18.0 Å². The van der Waals surface area contributed by atoms with Crippen LogP contribution >= 0.6 is 11.6 Å². The number of hydrogen-bond donors (Lipinski definition) is 1. The zero-order valence-electron chi connectivity index (χ0n) is 12.3. The Kier molecular flexibility index (Phi) is 4.21. The Morgan fingerprint density at radius 1 is 1.30 bits per heavy atom. The molecule has 23 heavy (non-hydrogen) atoms. The number of amides is 1. The van der Waals surface area contributed by atoms with Crippen molar-refractivity contribution in [2.24, 2.45) is 0 Å². The van der Waals surface area contributed by atoms with Gasteiger partial charge in [0.2, 0.25) is 0 Å². The van der Waals surface area contributed by atoms with E-state index >= 15 is 0 Å². The molecule has 1 aliphatic rings. The van der Waals surface area contributed by atoms with Crippen molar-refractivity contribution in [3.8, 4) is 5.75 Å². The zero-order valence-corrected chi connectivity index (χ0v) is 13.1. The van der Waals surface area contributed by atoms with E-state index in [0.717, 1.165) is 5.56 Å². The summed E-state index contributed by atoms with van der Waals surface area (Å²) in [7, 11) is 1.51. The second-order valence-electron chi connectivity index (χ2n) is 5.09. The van der Waals surface area contributed by atoms with Crippen molar-refractivity contribution in [1.82, 2.24) is 0 Å². The summed E-state index contributed by atoms with van der Waals surface area (Å²) < 4.78 is 10.3. The first-order valence-corrected chi connectivity index (χ1v) is 7.39. The van der Waals surface area contributed by atoms with E-state index in [-0.39, 0.29) is 0 Å². The summed E-state index contributed by atoms with van der Waals surface area (Å²) in [4.78, 5) is 24.3. The minimum atomic E-state index is -0.863. The van der Waals surface area contributed by atoms with E-state index in [2.05, 4.69) is 5.32 Å². The fourth-order valence-corrected chi connectivity index (χ4v) is 2.70. The molecule has 0 radical (unpaired) electrons. The Labute approximate surface area is 138 Å². The highest BCUT2D eigenvalue weighted by molar-refractivity contribution is 6.32. The van der Waals surface area contributed by atoms with Crippen LogP contribution in [0.25, 0.3) is 0 Å². The number of esters is 1. The number of anilines is 1. The van der Waals surface area contributed by atoms with Gasteiger partial charge in [0.25, 0.3) is 5.91 Å². The van der Waals surface area contributed by atoms with Crippen LogP contribution in [0.15, 0.2) is 42.5 Å². The quantitative estimate of drug-likeness (QED) is 0.878. The van der Waals surface area contributed by atoms with Gasteiger partial charge < -0.3 is 14.8 Å². The van der Waals surface area contributed by atoms with Crippen molar-refractivity contribution in [1.29, 1.82) is 0 Å². The maximum Gasteiger partial charge on any atom is 0.339 e. The predicted octanol–water partition coefficient (Wildman–Crippen LogP) is 3.07. The smallest absolute Gasteiger partial charge is 0.339 e. The second-order valence-corrected chi connectivity index (χ2v) is 5.50. The standard InChI is InChI=1S/C17H14ClNO4/c1-22-14-7-6-11(9-13(14)18)19-16(20)15-8-10-4-2-3-5-12(10)17(21)23-15/h2-7,9,15H,8H2,1H3,(H,19,20)/t15-/m0/s1. The molecule has 0 saturated heterocycles. The number of carbonyl (C=O) groups is 2. The maximum atomic E-state index is 12.3. The lowest BCUT2D eigenvalue weighted by atomic mass is 9.98. The van der Waals surface area contributed by atoms with Gasteiger partial charge >= 0.3 is 5.97 Å². The van der Waals surface area contributed by atoms with Crippen molar-refractivity contribution in [2.75, 3.05) is 12.4 Å². The molecular formula is C17H14ClNO4. The van der Waals surface area contributed by atoms with E-state index in [1.54, 1.807) is 30.3 Å². The molecule has 0 saturated carbocycles. The number of nitrogens with one attached hydrogen (secondary N) is 1. The summed E-state index contributed by atoms with van der Waals surface area (Å²) in [5, 5.41) is 3.08. The highest BCUT2D eigenvalue weighted by Crippen LogP contribution is 2.28. The molecule has 1 heterocycles. The molecule has 3 rings (SSSR count). The first kappa shape index (κ1) is 15.4. The first-order chi connectivity index (χ1) is 11.1. The van der Waals surface area contributed by atoms with Gasteiger partial charge in [-0.2, -0.15) is 0 Å². The molecule has 0 unspecified atom stereocenters. The van der Waals surface area contributed by atoms with E-state index in [1.165, 1.54) is 7.11 Å². The molecule has 1 aliphatic heterocycles. The van der Waals surface area contributed by atoms with E-state index in [1.807, 2.05) is 12.1 Å². The number of methoxy groups -OCH3 is 1. The van der Waals surface area contributed by atoms with Crippen molar-refractivity contribution in [3.63, 3.8) is 0 Å². The first-order valence-electron chi connectivity index (χ1n) is 7.02. The molecule has 118 valence electrons. The predicted molar refractivity (Wildman–Crippen MR) is 86.0 cm³/mol. The van der Waals surface area contributed by atoms with Crippen LogP contribution in [0.3, 0.4) is 0 Å². The molecule has 1 N–H and O–H groups in total. The highest BCUT2D eigenvalue weighted by Gasteiger charge is 2.31. The van der Waals surface area contributed by atoms with Crippen LogP contribution in [-0.2, 0) is 16.0 Å². The zero-order chi connectivity index (χ0) is 16.4. The van der Waals surface area contributed by atoms with Crippen LogP contribution < -0.4 is 10.1 Å². The number of hydrogen-bond acceptors (Lipinski definition) is 4. The van der Waals surface area contributed by atoms with Crippen LogP contribution in [0, 0.1) is 0 Å². The van der Waals surface area contributed by atoms with Gasteiger partial charge in [-0.3, -0.25) is 4.79 Å². The van der Waals surface area contributed by atoms with Crippen LogP contribution in [-0.4, -0.2) is 25.1 Å². The van der Waals surface area contributed by atoms with Gasteiger partial charge in [0, 0.05) is 12.1 Å². The molecule has 1 amide bonds. The number of rotatable bonds is 3. The fraction of sp³-hybridized carbons (Fsp3) is 0.176. The molecule has 6 heteroatoms. The van der Waals surface area contributed by atoms with Gasteiger partial charge in [-0.25, -0.2) is 4.79 Å². The average Bonchev–Trinajstić information content (AvgIpc) is 2.55. The average molecular weight is 332 g/mol. The topological polar surface area (TPSA) is 64.6 Å². The summed E-state index contributed by atoms with van der Waals surface area (Å²) in [6.45, 7) is 0. The van der Waals surface area contributed by atoms with E-state index in [4.69, 9.17) is 21.1 Å². The number of carbonyl (C=O) groups excluding carboxylic acids is 2. The molecule has 2 aromatic carbocycles. The molecule has 1 atom stereocenters. The van der Waals surface area contributed by atoms with Gasteiger partial charge in [0.05, 0.1) is 17.7 Å². The molecule has 0 aromatic heterocycles. The lowest BCUT2D eigenvalue weighted by Crippen LogP contribution is -2.37. The number of halogens is 1. The van der Waals surface area contributed by atoms with Crippen LogP contribution in [0.5, 0.6) is 5.75 Å².